The van der Waals surface area contributed by atoms with Gasteiger partial charge < -0.3 is 5.32 Å². The Bertz CT molecular complexity index is 434. The highest BCUT2D eigenvalue weighted by molar-refractivity contribution is 7.09. The van der Waals surface area contributed by atoms with Crippen LogP contribution in [0.25, 0.3) is 0 Å². The molecule has 1 heterocycles. The van der Waals surface area contributed by atoms with Gasteiger partial charge in [0, 0.05) is 5.38 Å². The molecule has 0 aliphatic heterocycles. The fraction of sp³-hybridized carbons (Fsp3) is 0.615. The lowest BCUT2D eigenvalue weighted by atomic mass is 10.0. The fourth-order valence-corrected chi connectivity index (χ4v) is 2.36. The van der Waals surface area contributed by atoms with Gasteiger partial charge in [-0.1, -0.05) is 20.8 Å². The molecule has 5 heteroatoms. The fourth-order valence-electron chi connectivity index (χ4n) is 1.62. The Morgan fingerprint density at radius 1 is 1.61 bits per heavy atom. The van der Waals surface area contributed by atoms with Crippen molar-refractivity contribution in [1.29, 1.82) is 5.26 Å². The number of carbonyl (C=O) groups excluding carboxylic acids is 1. The number of aromatic nitrogens is 1. The van der Waals surface area contributed by atoms with Crippen LogP contribution in [0.3, 0.4) is 0 Å². The number of nitrogens with zero attached hydrogens (tertiary/aromatic N) is 2. The minimum absolute atomic E-state index is 0.129. The minimum atomic E-state index is -0.401. The second kappa shape index (κ2) is 7.12. The van der Waals surface area contributed by atoms with E-state index in [9.17, 15) is 4.79 Å². The Morgan fingerprint density at radius 2 is 2.33 bits per heavy atom. The predicted molar refractivity (Wildman–Crippen MR) is 72.2 cm³/mol. The zero-order chi connectivity index (χ0) is 13.5. The first-order chi connectivity index (χ1) is 8.55. The molecule has 98 valence electrons. The molecule has 0 spiro atoms. The van der Waals surface area contributed by atoms with Crippen LogP contribution in [-0.4, -0.2) is 16.9 Å². The first-order valence-electron chi connectivity index (χ1n) is 6.17. The number of thiazole rings is 1. The third-order valence-electron chi connectivity index (χ3n) is 2.44. The Hall–Kier alpha value is -1.41. The summed E-state index contributed by atoms with van der Waals surface area (Å²) in [4.78, 5) is 16.1. The molecule has 0 aliphatic rings. The van der Waals surface area contributed by atoms with E-state index in [0.717, 1.165) is 17.1 Å². The number of nitriles is 1. The molecule has 0 radical (unpaired) electrons. The van der Waals surface area contributed by atoms with Gasteiger partial charge in [-0.15, -0.1) is 11.3 Å². The van der Waals surface area contributed by atoms with Crippen molar-refractivity contribution in [3.05, 3.63) is 16.1 Å². The maximum Gasteiger partial charge on any atom is 0.227 e. The Morgan fingerprint density at radius 3 is 2.83 bits per heavy atom. The summed E-state index contributed by atoms with van der Waals surface area (Å²) >= 11 is 1.57. The van der Waals surface area contributed by atoms with Gasteiger partial charge in [0.15, 0.2) is 0 Å². The van der Waals surface area contributed by atoms with Crippen molar-refractivity contribution in [2.24, 2.45) is 5.92 Å². The summed E-state index contributed by atoms with van der Waals surface area (Å²) in [5.41, 5.74) is 0.788. The first-order valence-corrected chi connectivity index (χ1v) is 7.05. The van der Waals surface area contributed by atoms with E-state index in [0.29, 0.717) is 12.3 Å². The molecule has 0 saturated heterocycles. The summed E-state index contributed by atoms with van der Waals surface area (Å²) in [5, 5.41) is 14.6. The van der Waals surface area contributed by atoms with Gasteiger partial charge in [-0.05, 0) is 18.8 Å². The summed E-state index contributed by atoms with van der Waals surface area (Å²) in [6.45, 7) is 6.10. The number of aryl methyl sites for hydroxylation is 1. The van der Waals surface area contributed by atoms with Crippen LogP contribution in [0.1, 0.15) is 37.9 Å². The van der Waals surface area contributed by atoms with Crippen molar-refractivity contribution in [3.8, 4) is 6.07 Å². The number of carbonyl (C=O) groups is 1. The van der Waals surface area contributed by atoms with E-state index in [1.165, 1.54) is 0 Å². The molecule has 18 heavy (non-hydrogen) atoms. The molecule has 4 nitrogen and oxygen atoms in total. The summed E-state index contributed by atoms with van der Waals surface area (Å²) in [6, 6.07) is 1.72. The van der Waals surface area contributed by atoms with E-state index in [2.05, 4.69) is 16.4 Å². The summed E-state index contributed by atoms with van der Waals surface area (Å²) < 4.78 is 0. The van der Waals surface area contributed by atoms with Crippen LogP contribution in [0.5, 0.6) is 0 Å². The van der Waals surface area contributed by atoms with Crippen LogP contribution in [0.4, 0.5) is 0 Å². The highest BCUT2D eigenvalue weighted by Gasteiger charge is 2.14. The molecule has 1 N–H and O–H groups in total. The second-order valence-corrected chi connectivity index (χ2v) is 5.58. The Labute approximate surface area is 112 Å². The van der Waals surface area contributed by atoms with Crippen molar-refractivity contribution in [3.63, 3.8) is 0 Å². The second-order valence-electron chi connectivity index (χ2n) is 4.64. The van der Waals surface area contributed by atoms with Crippen molar-refractivity contribution in [2.75, 3.05) is 0 Å². The van der Waals surface area contributed by atoms with Gasteiger partial charge in [0.05, 0.1) is 23.2 Å². The van der Waals surface area contributed by atoms with Crippen molar-refractivity contribution >= 4 is 17.2 Å². The minimum Gasteiger partial charge on any atom is -0.340 e. The average molecular weight is 265 g/mol. The summed E-state index contributed by atoms with van der Waals surface area (Å²) in [5.74, 6) is 0.260. The molecule has 1 aromatic heterocycles. The van der Waals surface area contributed by atoms with Crippen LogP contribution in [0, 0.1) is 17.2 Å². The molecule has 0 aliphatic carbocycles. The van der Waals surface area contributed by atoms with Gasteiger partial charge in [0.25, 0.3) is 0 Å². The third-order valence-corrected chi connectivity index (χ3v) is 3.48. The topological polar surface area (TPSA) is 65.8 Å². The number of amides is 1. The first kappa shape index (κ1) is 14.7. The molecule has 1 amide bonds. The quantitative estimate of drug-likeness (QED) is 0.858. The molecular formula is C13H19N3OS. The molecule has 1 aromatic rings. The van der Waals surface area contributed by atoms with Crippen LogP contribution >= 0.6 is 11.3 Å². The van der Waals surface area contributed by atoms with Crippen molar-refractivity contribution in [1.82, 2.24) is 10.3 Å². The van der Waals surface area contributed by atoms with E-state index >= 15 is 0 Å². The van der Waals surface area contributed by atoms with Gasteiger partial charge in [0.2, 0.25) is 5.91 Å². The maximum absolute atomic E-state index is 11.8. The largest absolute Gasteiger partial charge is 0.340 e. The third kappa shape index (κ3) is 4.84. The lowest BCUT2D eigenvalue weighted by Gasteiger charge is -2.13. The van der Waals surface area contributed by atoms with E-state index < -0.39 is 6.04 Å². The van der Waals surface area contributed by atoms with Gasteiger partial charge in [-0.25, -0.2) is 4.98 Å². The number of hydrogen-bond donors (Lipinski definition) is 1. The monoisotopic (exact) mass is 265 g/mol. The van der Waals surface area contributed by atoms with E-state index in [1.54, 1.807) is 11.3 Å². The van der Waals surface area contributed by atoms with Crippen LogP contribution < -0.4 is 5.32 Å². The van der Waals surface area contributed by atoms with Gasteiger partial charge in [-0.3, -0.25) is 4.79 Å². The van der Waals surface area contributed by atoms with E-state index in [-0.39, 0.29) is 12.3 Å². The molecule has 0 bridgehead atoms. The van der Waals surface area contributed by atoms with E-state index in [4.69, 9.17) is 5.26 Å². The number of rotatable bonds is 6. The Balaban J connectivity index is 2.48. The zero-order valence-corrected chi connectivity index (χ0v) is 11.9. The van der Waals surface area contributed by atoms with Crippen LogP contribution in [-0.2, 0) is 17.6 Å². The molecule has 0 fully saturated rings. The summed E-state index contributed by atoms with van der Waals surface area (Å²) in [6.07, 6.45) is 1.83. The predicted octanol–water partition coefficient (Wildman–Crippen LogP) is 2.30. The van der Waals surface area contributed by atoms with Crippen molar-refractivity contribution < 1.29 is 4.79 Å². The van der Waals surface area contributed by atoms with Gasteiger partial charge in [0.1, 0.15) is 6.04 Å². The Kier molecular flexibility index (Phi) is 5.79. The average Bonchev–Trinajstić information content (AvgIpc) is 2.75. The molecule has 1 atom stereocenters. The number of hydrogen-bond acceptors (Lipinski definition) is 4. The van der Waals surface area contributed by atoms with Crippen LogP contribution in [0.15, 0.2) is 5.38 Å². The highest BCUT2D eigenvalue weighted by atomic mass is 32.1. The lowest BCUT2D eigenvalue weighted by molar-refractivity contribution is -0.120. The number of nitrogens with one attached hydrogen (secondary N) is 1. The molecule has 1 rings (SSSR count). The normalized spacial score (nSPS) is 12.2. The van der Waals surface area contributed by atoms with E-state index in [1.807, 2.05) is 26.2 Å². The standard InChI is InChI=1S/C13H19N3OS/c1-4-13-16-11(8-18-13)6-12(17)15-10(7-14)5-9(2)3/h8-10H,4-6H2,1-3H3,(H,15,17)/t10-/m0/s1. The SMILES string of the molecule is CCc1nc(CC(=O)N[C@H](C#N)CC(C)C)cs1. The molecular weight excluding hydrogens is 246 g/mol. The molecule has 0 saturated carbocycles. The molecule has 0 unspecified atom stereocenters. The van der Waals surface area contributed by atoms with Gasteiger partial charge >= 0.3 is 0 Å². The van der Waals surface area contributed by atoms with Crippen molar-refractivity contribution in [2.45, 2.75) is 46.1 Å². The maximum atomic E-state index is 11.8. The van der Waals surface area contributed by atoms with Gasteiger partial charge in [-0.2, -0.15) is 5.26 Å². The lowest BCUT2D eigenvalue weighted by Crippen LogP contribution is -2.35. The van der Waals surface area contributed by atoms with Crippen LogP contribution in [0.2, 0.25) is 0 Å². The smallest absolute Gasteiger partial charge is 0.227 e. The zero-order valence-electron chi connectivity index (χ0n) is 11.1. The molecule has 0 aromatic carbocycles. The highest BCUT2D eigenvalue weighted by Crippen LogP contribution is 2.11. The summed E-state index contributed by atoms with van der Waals surface area (Å²) in [7, 11) is 0.